The minimum absolute atomic E-state index is 0.101. The van der Waals surface area contributed by atoms with Crippen molar-refractivity contribution in [3.05, 3.63) is 0 Å². The highest BCUT2D eigenvalue weighted by Gasteiger charge is 2.31. The Morgan fingerprint density at radius 2 is 1.93 bits per heavy atom. The van der Waals surface area contributed by atoms with Crippen molar-refractivity contribution in [1.29, 1.82) is 0 Å². The lowest BCUT2D eigenvalue weighted by Gasteiger charge is -2.20. The molecule has 2 atom stereocenters. The number of hydrogen-bond donors (Lipinski definition) is 3. The Morgan fingerprint density at radius 3 is 2.21 bits per heavy atom. The molecule has 0 aromatic heterocycles. The van der Waals surface area contributed by atoms with Crippen molar-refractivity contribution in [3.63, 3.8) is 0 Å². The molecule has 14 heavy (non-hydrogen) atoms. The molecule has 0 aliphatic heterocycles. The van der Waals surface area contributed by atoms with E-state index in [0.717, 1.165) is 0 Å². The highest BCUT2D eigenvalue weighted by atomic mass is 32.2. The van der Waals surface area contributed by atoms with Gasteiger partial charge >= 0.3 is 0 Å². The fraction of sp³-hybridized carbons (Fsp3) is 1.00. The van der Waals surface area contributed by atoms with E-state index < -0.39 is 21.7 Å². The third-order valence-electron chi connectivity index (χ3n) is 1.44. The molecular weight excluding hydrogens is 210 g/mol. The molecule has 0 aliphatic carbocycles. The first kappa shape index (κ1) is 13.8. The number of nitrogens with two attached hydrogens (primary N) is 1. The second-order valence-electron chi connectivity index (χ2n) is 3.41. The fourth-order valence-electron chi connectivity index (χ4n) is 0.794. The molecule has 4 N–H and O–H groups in total. The molecule has 0 aromatic carbocycles. The van der Waals surface area contributed by atoms with E-state index in [1.165, 1.54) is 0 Å². The molecule has 0 heterocycles. The van der Waals surface area contributed by atoms with Crippen LogP contribution in [0.3, 0.4) is 0 Å². The van der Waals surface area contributed by atoms with Crippen LogP contribution in [-0.4, -0.2) is 42.8 Å². The Morgan fingerprint density at radius 1 is 1.43 bits per heavy atom. The summed E-state index contributed by atoms with van der Waals surface area (Å²) in [4.78, 5) is 0. The largest absolute Gasteiger partial charge is 0.388 e. The Kier molecular flexibility index (Phi) is 5.53. The summed E-state index contributed by atoms with van der Waals surface area (Å²) in [6, 6.07) is 0. The van der Waals surface area contributed by atoms with Gasteiger partial charge < -0.3 is 15.6 Å². The van der Waals surface area contributed by atoms with Gasteiger partial charge in [-0.05, 0) is 5.92 Å². The molecule has 0 rings (SSSR count). The summed E-state index contributed by atoms with van der Waals surface area (Å²) in [6.07, 6.45) is -1.41. The predicted octanol–water partition coefficient (Wildman–Crippen LogP) is -0.807. The summed E-state index contributed by atoms with van der Waals surface area (Å²) in [5.74, 6) is 0.101. The summed E-state index contributed by atoms with van der Waals surface area (Å²) in [5, 5.41) is 9.18. The van der Waals surface area contributed by atoms with E-state index in [0.29, 0.717) is 0 Å². The lowest BCUT2D eigenvalue weighted by molar-refractivity contribution is -0.00131. The van der Waals surface area contributed by atoms with Crippen molar-refractivity contribution in [3.8, 4) is 0 Å². The van der Waals surface area contributed by atoms with E-state index in [4.69, 9.17) is 15.0 Å². The maximum absolute atomic E-state index is 10.8. The molecule has 6 nitrogen and oxygen atoms in total. The normalized spacial score (nSPS) is 17.0. The van der Waals surface area contributed by atoms with Gasteiger partial charge in [-0.25, -0.2) is 0 Å². The summed E-state index contributed by atoms with van der Waals surface area (Å²) >= 11 is 0. The number of rotatable bonds is 6. The minimum Gasteiger partial charge on any atom is -0.388 e. The van der Waals surface area contributed by atoms with Gasteiger partial charge in [0.25, 0.3) is 10.1 Å². The van der Waals surface area contributed by atoms with Gasteiger partial charge in [0.05, 0.1) is 6.61 Å². The van der Waals surface area contributed by atoms with Crippen LogP contribution in [0.4, 0.5) is 0 Å². The zero-order valence-electron chi connectivity index (χ0n) is 8.25. The Labute approximate surface area is 83.8 Å². The van der Waals surface area contributed by atoms with Crippen LogP contribution in [0.1, 0.15) is 13.8 Å². The molecule has 2 unspecified atom stereocenters. The third-order valence-corrected chi connectivity index (χ3v) is 2.48. The topological polar surface area (TPSA) is 110 Å². The monoisotopic (exact) mass is 227 g/mol. The van der Waals surface area contributed by atoms with Crippen molar-refractivity contribution in [2.24, 2.45) is 11.7 Å². The van der Waals surface area contributed by atoms with Crippen LogP contribution < -0.4 is 5.73 Å². The summed E-state index contributed by atoms with van der Waals surface area (Å²) in [5.41, 5.74) is 3.41. The third kappa shape index (κ3) is 4.87. The lowest BCUT2D eigenvalue weighted by Crippen LogP contribution is -2.41. The summed E-state index contributed by atoms with van der Waals surface area (Å²) in [7, 11) is -4.42. The van der Waals surface area contributed by atoms with Crippen molar-refractivity contribution in [2.45, 2.75) is 25.4 Å². The number of aliphatic hydroxyl groups is 1. The van der Waals surface area contributed by atoms with E-state index >= 15 is 0 Å². The smallest absolute Gasteiger partial charge is 0.295 e. The average Bonchev–Trinajstić information content (AvgIpc) is 2.01. The van der Waals surface area contributed by atoms with Crippen LogP contribution in [0.5, 0.6) is 0 Å². The number of hydrogen-bond acceptors (Lipinski definition) is 5. The maximum atomic E-state index is 10.8. The molecule has 0 fully saturated rings. The van der Waals surface area contributed by atoms with Crippen molar-refractivity contribution in [1.82, 2.24) is 0 Å². The Hall–Kier alpha value is -0.210. The zero-order chi connectivity index (χ0) is 11.4. The first-order chi connectivity index (χ1) is 6.29. The lowest BCUT2D eigenvalue weighted by atomic mass is 10.2. The predicted molar refractivity (Wildman–Crippen MR) is 51.2 cm³/mol. The average molecular weight is 227 g/mol. The molecule has 0 bridgehead atoms. The molecule has 7 heteroatoms. The first-order valence-corrected chi connectivity index (χ1v) is 5.75. The Balaban J connectivity index is 4.42. The van der Waals surface area contributed by atoms with Crippen LogP contribution >= 0.6 is 0 Å². The number of ether oxygens (including phenoxy) is 1. The van der Waals surface area contributed by atoms with Crippen molar-refractivity contribution < 1.29 is 22.8 Å². The van der Waals surface area contributed by atoms with Crippen LogP contribution in [0.2, 0.25) is 0 Å². The van der Waals surface area contributed by atoms with Gasteiger partial charge in [0.15, 0.2) is 0 Å². The molecule has 0 radical (unpaired) electrons. The zero-order valence-corrected chi connectivity index (χ0v) is 9.07. The molecule has 0 saturated heterocycles. The standard InChI is InChI=1S/C7H17NO5S/c1-5(2)4-13-7(6(9)3-8)14(10,11)12/h5-7,9H,3-4,8H2,1-2H3,(H,10,11,12). The van der Waals surface area contributed by atoms with Crippen LogP contribution in [-0.2, 0) is 14.9 Å². The van der Waals surface area contributed by atoms with E-state index in [2.05, 4.69) is 0 Å². The highest BCUT2D eigenvalue weighted by Crippen LogP contribution is 2.08. The summed E-state index contributed by atoms with van der Waals surface area (Å²) < 4.78 is 35.1. The quantitative estimate of drug-likeness (QED) is 0.512. The van der Waals surface area contributed by atoms with Crippen LogP contribution in [0.25, 0.3) is 0 Å². The van der Waals surface area contributed by atoms with E-state index in [-0.39, 0.29) is 19.1 Å². The van der Waals surface area contributed by atoms with E-state index in [9.17, 15) is 13.5 Å². The van der Waals surface area contributed by atoms with Crippen LogP contribution in [0, 0.1) is 5.92 Å². The Bertz CT molecular complexity index is 251. The van der Waals surface area contributed by atoms with Gasteiger partial charge in [-0.2, -0.15) is 8.42 Å². The molecule has 0 amide bonds. The first-order valence-electron chi connectivity index (χ1n) is 4.25. The number of aliphatic hydroxyl groups excluding tert-OH is 1. The molecule has 86 valence electrons. The summed E-state index contributed by atoms with van der Waals surface area (Å²) in [6.45, 7) is 3.47. The van der Waals surface area contributed by atoms with Gasteiger partial charge in [-0.1, -0.05) is 13.8 Å². The molecule has 0 spiro atoms. The van der Waals surface area contributed by atoms with E-state index in [1.54, 1.807) is 0 Å². The fourth-order valence-corrected chi connectivity index (χ4v) is 1.55. The SMILES string of the molecule is CC(C)COC(C(O)CN)S(=O)(=O)O. The van der Waals surface area contributed by atoms with Gasteiger partial charge in [0, 0.05) is 6.54 Å². The minimum atomic E-state index is -4.42. The molecule has 0 aromatic rings. The molecule has 0 saturated carbocycles. The van der Waals surface area contributed by atoms with Gasteiger partial charge in [-0.15, -0.1) is 0 Å². The van der Waals surface area contributed by atoms with Gasteiger partial charge in [0.2, 0.25) is 5.44 Å². The second kappa shape index (κ2) is 5.62. The van der Waals surface area contributed by atoms with Crippen LogP contribution in [0.15, 0.2) is 0 Å². The van der Waals surface area contributed by atoms with Gasteiger partial charge in [-0.3, -0.25) is 4.55 Å². The van der Waals surface area contributed by atoms with Crippen molar-refractivity contribution in [2.75, 3.05) is 13.2 Å². The molecular formula is C7H17NO5S. The van der Waals surface area contributed by atoms with Gasteiger partial charge in [0.1, 0.15) is 6.10 Å². The second-order valence-corrected chi connectivity index (χ2v) is 4.91. The highest BCUT2D eigenvalue weighted by molar-refractivity contribution is 7.86. The van der Waals surface area contributed by atoms with E-state index in [1.807, 2.05) is 13.8 Å². The van der Waals surface area contributed by atoms with Crippen molar-refractivity contribution >= 4 is 10.1 Å². The molecule has 0 aliphatic rings. The maximum Gasteiger partial charge on any atom is 0.295 e.